The molecule has 3 rings (SSSR count). The van der Waals surface area contributed by atoms with Crippen molar-refractivity contribution in [2.24, 2.45) is 5.92 Å². The van der Waals surface area contributed by atoms with Crippen LogP contribution in [-0.2, 0) is 11.3 Å². The van der Waals surface area contributed by atoms with Gasteiger partial charge in [-0.2, -0.15) is 0 Å². The van der Waals surface area contributed by atoms with Gasteiger partial charge in [0.15, 0.2) is 5.82 Å². The first-order valence-corrected chi connectivity index (χ1v) is 8.08. The molecular weight excluding hydrogens is 292 g/mol. The van der Waals surface area contributed by atoms with Gasteiger partial charge in [-0.3, -0.25) is 4.79 Å². The lowest BCUT2D eigenvalue weighted by Gasteiger charge is -2.27. The molecule has 0 aliphatic carbocycles. The maximum atomic E-state index is 12.4. The fourth-order valence-corrected chi connectivity index (χ4v) is 2.97. The van der Waals surface area contributed by atoms with Gasteiger partial charge >= 0.3 is 0 Å². The lowest BCUT2D eigenvalue weighted by molar-refractivity contribution is -0.120. The van der Waals surface area contributed by atoms with Crippen LogP contribution in [0.15, 0.2) is 24.3 Å². The van der Waals surface area contributed by atoms with Gasteiger partial charge in [0.25, 0.3) is 0 Å². The molecule has 1 aromatic carbocycles. The van der Waals surface area contributed by atoms with Crippen LogP contribution >= 0.6 is 0 Å². The van der Waals surface area contributed by atoms with Crippen molar-refractivity contribution < 1.29 is 4.79 Å². The number of carbonyl (C=O) groups is 1. The Morgan fingerprint density at radius 3 is 3.13 bits per heavy atom. The highest BCUT2D eigenvalue weighted by Crippen LogP contribution is 2.22. The van der Waals surface area contributed by atoms with Crippen LogP contribution < -0.4 is 10.6 Å². The number of hydrogen-bond acceptors (Lipinski definition) is 5. The van der Waals surface area contributed by atoms with E-state index in [1.165, 1.54) is 0 Å². The van der Waals surface area contributed by atoms with Gasteiger partial charge in [0, 0.05) is 29.8 Å². The van der Waals surface area contributed by atoms with Crippen LogP contribution in [0.4, 0.5) is 5.69 Å². The van der Waals surface area contributed by atoms with Crippen LogP contribution in [-0.4, -0.2) is 38.7 Å². The van der Waals surface area contributed by atoms with E-state index in [0.29, 0.717) is 18.4 Å². The first-order valence-electron chi connectivity index (χ1n) is 8.08. The number of amides is 1. The van der Waals surface area contributed by atoms with Crippen molar-refractivity contribution in [3.05, 3.63) is 24.3 Å². The predicted molar refractivity (Wildman–Crippen MR) is 87.7 cm³/mol. The van der Waals surface area contributed by atoms with E-state index >= 15 is 0 Å². The van der Waals surface area contributed by atoms with E-state index in [1.807, 2.05) is 31.2 Å². The number of carbonyl (C=O) groups excluding carboxylic acids is 1. The topological polar surface area (TPSA) is 84.7 Å². The normalized spacial score (nSPS) is 21.1. The maximum absolute atomic E-state index is 12.4. The molecule has 7 nitrogen and oxygen atoms in total. The fourth-order valence-electron chi connectivity index (χ4n) is 2.97. The summed E-state index contributed by atoms with van der Waals surface area (Å²) >= 11 is 0. The van der Waals surface area contributed by atoms with Gasteiger partial charge in [-0.05, 0) is 55.8 Å². The number of aromatic nitrogens is 4. The van der Waals surface area contributed by atoms with Crippen LogP contribution in [0.5, 0.6) is 0 Å². The van der Waals surface area contributed by atoms with Crippen molar-refractivity contribution in [3.63, 3.8) is 0 Å². The Morgan fingerprint density at radius 2 is 2.35 bits per heavy atom. The quantitative estimate of drug-likeness (QED) is 0.897. The van der Waals surface area contributed by atoms with Crippen molar-refractivity contribution in [1.29, 1.82) is 0 Å². The van der Waals surface area contributed by atoms with E-state index in [1.54, 1.807) is 4.68 Å². The van der Waals surface area contributed by atoms with Gasteiger partial charge in [0.05, 0.1) is 0 Å². The van der Waals surface area contributed by atoms with E-state index in [-0.39, 0.29) is 11.8 Å². The summed E-state index contributed by atoms with van der Waals surface area (Å²) in [7, 11) is 0. The average Bonchev–Trinajstić information content (AvgIpc) is 3.04. The summed E-state index contributed by atoms with van der Waals surface area (Å²) in [5.41, 5.74) is 1.68. The molecule has 1 aromatic heterocycles. The van der Waals surface area contributed by atoms with E-state index in [9.17, 15) is 4.79 Å². The number of benzene rings is 1. The molecule has 2 heterocycles. The van der Waals surface area contributed by atoms with E-state index in [2.05, 4.69) is 33.1 Å². The highest BCUT2D eigenvalue weighted by atomic mass is 16.1. The van der Waals surface area contributed by atoms with Crippen molar-refractivity contribution in [2.45, 2.75) is 39.3 Å². The Balaban J connectivity index is 1.74. The van der Waals surface area contributed by atoms with E-state index < -0.39 is 0 Å². The van der Waals surface area contributed by atoms with Crippen molar-refractivity contribution in [1.82, 2.24) is 25.5 Å². The molecule has 122 valence electrons. The Labute approximate surface area is 135 Å². The summed E-state index contributed by atoms with van der Waals surface area (Å²) in [5, 5.41) is 18.1. The van der Waals surface area contributed by atoms with Crippen LogP contribution in [0.2, 0.25) is 0 Å². The summed E-state index contributed by atoms with van der Waals surface area (Å²) in [6.07, 6.45) is 1.75. The molecule has 2 aromatic rings. The Morgan fingerprint density at radius 1 is 1.48 bits per heavy atom. The molecule has 1 aliphatic heterocycles. The number of aryl methyl sites for hydroxylation is 1. The summed E-state index contributed by atoms with van der Waals surface area (Å²) in [6.45, 7) is 5.70. The third kappa shape index (κ3) is 3.56. The van der Waals surface area contributed by atoms with Crippen LogP contribution in [0.1, 0.15) is 26.7 Å². The minimum absolute atomic E-state index is 0.0656. The number of anilines is 1. The number of nitrogens with zero attached hydrogens (tertiary/aromatic N) is 4. The Hall–Kier alpha value is -2.28. The molecule has 1 amide bonds. The molecule has 23 heavy (non-hydrogen) atoms. The number of piperidine rings is 1. The molecule has 0 radical (unpaired) electrons. The molecule has 0 bridgehead atoms. The van der Waals surface area contributed by atoms with Gasteiger partial charge in [0.1, 0.15) is 0 Å². The van der Waals surface area contributed by atoms with Gasteiger partial charge in [-0.1, -0.05) is 12.1 Å². The number of nitrogens with one attached hydrogen (secondary N) is 2. The second-order valence-corrected chi connectivity index (χ2v) is 5.96. The smallest absolute Gasteiger partial charge is 0.227 e. The molecule has 1 fully saturated rings. The zero-order valence-electron chi connectivity index (χ0n) is 13.5. The number of rotatable bonds is 4. The molecule has 2 N–H and O–H groups in total. The zero-order chi connectivity index (χ0) is 16.2. The van der Waals surface area contributed by atoms with Crippen molar-refractivity contribution >= 4 is 11.6 Å². The first kappa shape index (κ1) is 15.6. The van der Waals surface area contributed by atoms with Crippen LogP contribution in [0, 0.1) is 5.92 Å². The highest BCUT2D eigenvalue weighted by molar-refractivity contribution is 5.93. The lowest BCUT2D eigenvalue weighted by atomic mass is 9.92. The van der Waals surface area contributed by atoms with E-state index in [0.717, 1.165) is 30.6 Å². The van der Waals surface area contributed by atoms with Gasteiger partial charge < -0.3 is 10.6 Å². The maximum Gasteiger partial charge on any atom is 0.227 e. The van der Waals surface area contributed by atoms with Gasteiger partial charge in [-0.15, -0.1) is 5.10 Å². The number of hydrogen-bond donors (Lipinski definition) is 2. The molecule has 7 heteroatoms. The largest absolute Gasteiger partial charge is 0.326 e. The minimum atomic E-state index is 0.0656. The Bertz CT molecular complexity index is 683. The summed E-state index contributed by atoms with van der Waals surface area (Å²) in [6, 6.07) is 8.05. The minimum Gasteiger partial charge on any atom is -0.326 e. The van der Waals surface area contributed by atoms with Crippen LogP contribution in [0.25, 0.3) is 11.4 Å². The molecular formula is C16H22N6O. The monoisotopic (exact) mass is 314 g/mol. The standard InChI is InChI=1S/C16H22N6O/c1-3-22-15(19-20-21-22)12-5-4-6-14(10-12)18-16(23)13-7-8-17-11(2)9-13/h4-6,10-11,13,17H,3,7-9H2,1-2H3,(H,18,23)/t11-,13-/m0/s1. The summed E-state index contributed by atoms with van der Waals surface area (Å²) in [5.74, 6) is 0.862. The molecule has 0 spiro atoms. The molecule has 0 unspecified atom stereocenters. The molecule has 0 saturated carbocycles. The van der Waals surface area contributed by atoms with Crippen molar-refractivity contribution in [3.8, 4) is 11.4 Å². The molecule has 2 atom stereocenters. The van der Waals surface area contributed by atoms with Gasteiger partial charge in [0.2, 0.25) is 5.91 Å². The summed E-state index contributed by atoms with van der Waals surface area (Å²) in [4.78, 5) is 12.4. The van der Waals surface area contributed by atoms with Crippen molar-refractivity contribution in [2.75, 3.05) is 11.9 Å². The summed E-state index contributed by atoms with van der Waals surface area (Å²) < 4.78 is 1.73. The third-order valence-electron chi connectivity index (χ3n) is 4.21. The fraction of sp³-hybridized carbons (Fsp3) is 0.500. The Kier molecular flexibility index (Phi) is 4.66. The van der Waals surface area contributed by atoms with E-state index in [4.69, 9.17) is 0 Å². The van der Waals surface area contributed by atoms with Crippen LogP contribution in [0.3, 0.4) is 0 Å². The third-order valence-corrected chi connectivity index (χ3v) is 4.21. The highest BCUT2D eigenvalue weighted by Gasteiger charge is 2.24. The first-order chi connectivity index (χ1) is 11.2. The SMILES string of the molecule is CCn1nnnc1-c1cccc(NC(=O)[C@H]2CCN[C@@H](C)C2)c1. The second-order valence-electron chi connectivity index (χ2n) is 5.96. The number of tetrazole rings is 1. The average molecular weight is 314 g/mol. The van der Waals surface area contributed by atoms with Gasteiger partial charge in [-0.25, -0.2) is 4.68 Å². The molecule has 1 aliphatic rings. The lowest BCUT2D eigenvalue weighted by Crippen LogP contribution is -2.40. The zero-order valence-corrected chi connectivity index (χ0v) is 13.5. The second kappa shape index (κ2) is 6.87. The molecule has 1 saturated heterocycles. The predicted octanol–water partition coefficient (Wildman–Crippen LogP) is 1.69.